The van der Waals surface area contributed by atoms with Crippen LogP contribution in [0.3, 0.4) is 0 Å². The van der Waals surface area contributed by atoms with E-state index in [1.165, 1.54) is 11.3 Å². The molecule has 0 aliphatic carbocycles. The predicted molar refractivity (Wildman–Crippen MR) is 89.4 cm³/mol. The van der Waals surface area contributed by atoms with Crippen LogP contribution in [0.5, 0.6) is 0 Å². The summed E-state index contributed by atoms with van der Waals surface area (Å²) in [6, 6.07) is 8.38. The topological polar surface area (TPSA) is 49.6 Å². The molecule has 4 nitrogen and oxygen atoms in total. The van der Waals surface area contributed by atoms with E-state index in [0.29, 0.717) is 19.5 Å². The number of hydrogen-bond donors (Lipinski definition) is 1. The molecule has 0 unspecified atom stereocenters. The number of amides is 1. The third kappa shape index (κ3) is 6.17. The lowest BCUT2D eigenvalue weighted by atomic mass is 10.1. The zero-order chi connectivity index (χ0) is 15.7. The molecule has 0 spiro atoms. The van der Waals surface area contributed by atoms with Crippen molar-refractivity contribution in [2.24, 2.45) is 5.73 Å². The average Bonchev–Trinajstić information content (AvgIpc) is 2.49. The van der Waals surface area contributed by atoms with E-state index in [0.717, 1.165) is 25.8 Å². The minimum atomic E-state index is 0.242. The fraction of sp³-hybridized carbons (Fsp3) is 0.588. The molecule has 1 aromatic carbocycles. The first-order valence-corrected chi connectivity index (χ1v) is 7.82. The van der Waals surface area contributed by atoms with Crippen molar-refractivity contribution in [1.82, 2.24) is 4.90 Å². The molecule has 0 radical (unpaired) electrons. The molecule has 4 heteroatoms. The summed E-state index contributed by atoms with van der Waals surface area (Å²) < 4.78 is 0. The summed E-state index contributed by atoms with van der Waals surface area (Å²) in [4.78, 5) is 16.2. The van der Waals surface area contributed by atoms with Gasteiger partial charge in [0.15, 0.2) is 0 Å². The van der Waals surface area contributed by atoms with Gasteiger partial charge in [-0.25, -0.2) is 0 Å². The van der Waals surface area contributed by atoms with E-state index in [-0.39, 0.29) is 5.91 Å². The van der Waals surface area contributed by atoms with Crippen LogP contribution in [-0.4, -0.2) is 38.0 Å². The SMILES string of the molecule is CCN(Cc1ccc(N(C)C)cc1)C(=O)CCCCCN. The van der Waals surface area contributed by atoms with Crippen molar-refractivity contribution < 1.29 is 4.79 Å². The van der Waals surface area contributed by atoms with E-state index in [2.05, 4.69) is 29.2 Å². The van der Waals surface area contributed by atoms with Crippen LogP contribution >= 0.6 is 0 Å². The highest BCUT2D eigenvalue weighted by Crippen LogP contribution is 2.14. The summed E-state index contributed by atoms with van der Waals surface area (Å²) in [5.41, 5.74) is 7.82. The van der Waals surface area contributed by atoms with Crippen LogP contribution in [0.25, 0.3) is 0 Å². The standard InChI is InChI=1S/C17H29N3O/c1-4-20(17(21)8-6-5-7-13-18)14-15-9-11-16(12-10-15)19(2)3/h9-12H,4-8,13-14,18H2,1-3H3. The van der Waals surface area contributed by atoms with Gasteiger partial charge in [0, 0.05) is 39.3 Å². The van der Waals surface area contributed by atoms with Gasteiger partial charge < -0.3 is 15.5 Å². The smallest absolute Gasteiger partial charge is 0.222 e. The molecule has 118 valence electrons. The fourth-order valence-corrected chi connectivity index (χ4v) is 2.25. The Morgan fingerprint density at radius 1 is 1.10 bits per heavy atom. The molecule has 0 atom stereocenters. The van der Waals surface area contributed by atoms with Gasteiger partial charge in [-0.05, 0) is 44.0 Å². The van der Waals surface area contributed by atoms with Gasteiger partial charge in [-0.2, -0.15) is 0 Å². The van der Waals surface area contributed by atoms with Crippen molar-refractivity contribution in [3.63, 3.8) is 0 Å². The summed E-state index contributed by atoms with van der Waals surface area (Å²) >= 11 is 0. The maximum atomic E-state index is 12.2. The summed E-state index contributed by atoms with van der Waals surface area (Å²) in [6.07, 6.45) is 3.61. The molecule has 1 amide bonds. The molecule has 0 aliphatic heterocycles. The molecule has 0 saturated carbocycles. The van der Waals surface area contributed by atoms with Gasteiger partial charge >= 0.3 is 0 Å². The second-order valence-corrected chi connectivity index (χ2v) is 5.57. The molecule has 1 rings (SSSR count). The number of benzene rings is 1. The molecule has 0 aliphatic rings. The third-order valence-corrected chi connectivity index (χ3v) is 3.66. The van der Waals surface area contributed by atoms with Crippen molar-refractivity contribution in [2.75, 3.05) is 32.1 Å². The fourth-order valence-electron chi connectivity index (χ4n) is 2.25. The number of hydrogen-bond acceptors (Lipinski definition) is 3. The van der Waals surface area contributed by atoms with Gasteiger partial charge in [0.05, 0.1) is 0 Å². The van der Waals surface area contributed by atoms with Crippen molar-refractivity contribution in [1.29, 1.82) is 0 Å². The van der Waals surface area contributed by atoms with E-state index >= 15 is 0 Å². The normalized spacial score (nSPS) is 10.5. The number of unbranched alkanes of at least 4 members (excludes halogenated alkanes) is 2. The van der Waals surface area contributed by atoms with E-state index in [4.69, 9.17) is 5.73 Å². The van der Waals surface area contributed by atoms with Crippen molar-refractivity contribution >= 4 is 11.6 Å². The monoisotopic (exact) mass is 291 g/mol. The average molecular weight is 291 g/mol. The number of nitrogens with zero attached hydrogens (tertiary/aromatic N) is 2. The quantitative estimate of drug-likeness (QED) is 0.712. The Kier molecular flexibility index (Phi) is 7.83. The number of anilines is 1. The molecule has 0 saturated heterocycles. The Morgan fingerprint density at radius 3 is 2.29 bits per heavy atom. The number of nitrogens with two attached hydrogens (primary N) is 1. The predicted octanol–water partition coefficient (Wildman–Crippen LogP) is 2.62. The molecule has 2 N–H and O–H groups in total. The maximum absolute atomic E-state index is 12.2. The van der Waals surface area contributed by atoms with Gasteiger partial charge in [0.25, 0.3) is 0 Å². The van der Waals surface area contributed by atoms with E-state index in [9.17, 15) is 4.79 Å². The van der Waals surface area contributed by atoms with Crippen molar-refractivity contribution in [3.8, 4) is 0 Å². The van der Waals surface area contributed by atoms with Crippen LogP contribution in [0.4, 0.5) is 5.69 Å². The lowest BCUT2D eigenvalue weighted by Crippen LogP contribution is -2.30. The van der Waals surface area contributed by atoms with Gasteiger partial charge in [-0.1, -0.05) is 18.6 Å². The zero-order valence-electron chi connectivity index (χ0n) is 13.6. The minimum Gasteiger partial charge on any atom is -0.378 e. The molecule has 0 bridgehead atoms. The lowest BCUT2D eigenvalue weighted by Gasteiger charge is -2.21. The molecular formula is C17H29N3O. The summed E-state index contributed by atoms with van der Waals surface area (Å²) in [6.45, 7) is 4.20. The van der Waals surface area contributed by atoms with Crippen LogP contribution in [0.15, 0.2) is 24.3 Å². The van der Waals surface area contributed by atoms with Crippen LogP contribution < -0.4 is 10.6 Å². The molecule has 21 heavy (non-hydrogen) atoms. The second-order valence-electron chi connectivity index (χ2n) is 5.57. The highest BCUT2D eigenvalue weighted by Gasteiger charge is 2.11. The highest BCUT2D eigenvalue weighted by molar-refractivity contribution is 5.76. The third-order valence-electron chi connectivity index (χ3n) is 3.66. The molecule has 1 aromatic rings. The van der Waals surface area contributed by atoms with Crippen LogP contribution in [0.1, 0.15) is 38.2 Å². The summed E-state index contributed by atoms with van der Waals surface area (Å²) in [7, 11) is 4.05. The van der Waals surface area contributed by atoms with Crippen LogP contribution in [-0.2, 0) is 11.3 Å². The molecule has 0 aromatic heterocycles. The first-order valence-electron chi connectivity index (χ1n) is 7.82. The molecule has 0 fully saturated rings. The van der Waals surface area contributed by atoms with Gasteiger partial charge in [0.2, 0.25) is 5.91 Å². The Bertz CT molecular complexity index is 415. The Balaban J connectivity index is 2.50. The highest BCUT2D eigenvalue weighted by atomic mass is 16.2. The first kappa shape index (κ1) is 17.5. The minimum absolute atomic E-state index is 0.242. The van der Waals surface area contributed by atoms with E-state index in [1.54, 1.807) is 0 Å². The first-order chi connectivity index (χ1) is 10.1. The maximum Gasteiger partial charge on any atom is 0.222 e. The van der Waals surface area contributed by atoms with Crippen molar-refractivity contribution in [3.05, 3.63) is 29.8 Å². The van der Waals surface area contributed by atoms with Crippen molar-refractivity contribution in [2.45, 2.75) is 39.2 Å². The van der Waals surface area contributed by atoms with Gasteiger partial charge in [-0.15, -0.1) is 0 Å². The number of rotatable bonds is 9. The largest absolute Gasteiger partial charge is 0.378 e. The second kappa shape index (κ2) is 9.40. The van der Waals surface area contributed by atoms with E-state index in [1.807, 2.05) is 25.9 Å². The van der Waals surface area contributed by atoms with Gasteiger partial charge in [-0.3, -0.25) is 4.79 Å². The lowest BCUT2D eigenvalue weighted by molar-refractivity contribution is -0.131. The van der Waals surface area contributed by atoms with Crippen LogP contribution in [0.2, 0.25) is 0 Å². The van der Waals surface area contributed by atoms with Gasteiger partial charge in [0.1, 0.15) is 0 Å². The number of carbonyl (C=O) groups excluding carboxylic acids is 1. The summed E-state index contributed by atoms with van der Waals surface area (Å²) in [5.74, 6) is 0.242. The molecular weight excluding hydrogens is 262 g/mol. The zero-order valence-corrected chi connectivity index (χ0v) is 13.6. The Morgan fingerprint density at radius 2 is 1.76 bits per heavy atom. The van der Waals surface area contributed by atoms with Crippen LogP contribution in [0, 0.1) is 0 Å². The molecule has 0 heterocycles. The summed E-state index contributed by atoms with van der Waals surface area (Å²) in [5, 5.41) is 0. The Hall–Kier alpha value is -1.55. The Labute approximate surface area is 128 Å². The number of carbonyl (C=O) groups is 1. The van der Waals surface area contributed by atoms with E-state index < -0.39 is 0 Å².